The summed E-state index contributed by atoms with van der Waals surface area (Å²) in [6.07, 6.45) is 0.769. The number of halogens is 2. The van der Waals surface area contributed by atoms with Crippen LogP contribution in [0.25, 0.3) is 0 Å². The van der Waals surface area contributed by atoms with Crippen molar-refractivity contribution in [1.82, 2.24) is 5.32 Å². The van der Waals surface area contributed by atoms with Crippen LogP contribution in [0.1, 0.15) is 11.1 Å². The molecule has 1 aliphatic rings. The number of benzene rings is 2. The third-order valence-electron chi connectivity index (χ3n) is 3.65. The monoisotopic (exact) mass is 349 g/mol. The molecular weight excluding hydrogens is 333 g/mol. The lowest BCUT2D eigenvalue weighted by atomic mass is 10.1. The Kier molecular flexibility index (Phi) is 5.20. The van der Waals surface area contributed by atoms with Gasteiger partial charge in [0.05, 0.1) is 11.4 Å². The highest BCUT2D eigenvalue weighted by Gasteiger charge is 2.16. The molecule has 0 saturated heterocycles. The minimum Gasteiger partial charge on any atom is -0.486 e. The number of carbonyl (C=O) groups excluding carboxylic acids is 1. The Morgan fingerprint density at radius 3 is 2.83 bits per heavy atom. The largest absolute Gasteiger partial charge is 0.486 e. The van der Waals surface area contributed by atoms with E-state index in [1.807, 2.05) is 12.1 Å². The standard InChI is InChI=1S/C18H17ClFNO3/c19-15-9-13(10-16-18(15)24-7-6-23-16)4-5-21-17(22)11-12-2-1-3-14(20)8-12/h1-3,8-10H,4-7,11H2,(H,21,22). The number of amides is 1. The quantitative estimate of drug-likeness (QED) is 0.902. The van der Waals surface area contributed by atoms with Crippen molar-refractivity contribution in [1.29, 1.82) is 0 Å². The fraction of sp³-hybridized carbons (Fsp3) is 0.278. The second-order valence-corrected chi connectivity index (χ2v) is 5.92. The number of carbonyl (C=O) groups is 1. The molecule has 4 nitrogen and oxygen atoms in total. The van der Waals surface area contributed by atoms with Crippen molar-refractivity contribution >= 4 is 17.5 Å². The van der Waals surface area contributed by atoms with Crippen molar-refractivity contribution in [2.24, 2.45) is 0 Å². The van der Waals surface area contributed by atoms with E-state index in [0.29, 0.717) is 48.3 Å². The predicted molar refractivity (Wildman–Crippen MR) is 89.3 cm³/mol. The molecule has 1 heterocycles. The number of nitrogens with one attached hydrogen (secondary N) is 1. The van der Waals surface area contributed by atoms with Crippen LogP contribution in [0, 0.1) is 5.82 Å². The van der Waals surface area contributed by atoms with Crippen molar-refractivity contribution in [2.45, 2.75) is 12.8 Å². The van der Waals surface area contributed by atoms with Gasteiger partial charge in [-0.2, -0.15) is 0 Å². The van der Waals surface area contributed by atoms with Crippen molar-refractivity contribution < 1.29 is 18.7 Å². The highest BCUT2D eigenvalue weighted by molar-refractivity contribution is 6.32. The molecule has 3 rings (SSSR count). The molecule has 126 valence electrons. The molecule has 1 N–H and O–H groups in total. The van der Waals surface area contributed by atoms with E-state index in [4.69, 9.17) is 21.1 Å². The first-order chi connectivity index (χ1) is 11.6. The Hall–Kier alpha value is -2.27. The Labute approximate surface area is 144 Å². The molecule has 0 aliphatic carbocycles. The third-order valence-corrected chi connectivity index (χ3v) is 3.93. The third kappa shape index (κ3) is 4.17. The van der Waals surface area contributed by atoms with Crippen LogP contribution >= 0.6 is 11.6 Å². The zero-order chi connectivity index (χ0) is 16.9. The molecule has 1 amide bonds. The Balaban J connectivity index is 1.53. The van der Waals surface area contributed by atoms with Gasteiger partial charge in [-0.15, -0.1) is 0 Å². The molecule has 0 bridgehead atoms. The van der Waals surface area contributed by atoms with Gasteiger partial charge in [0.25, 0.3) is 0 Å². The molecule has 0 radical (unpaired) electrons. The highest BCUT2D eigenvalue weighted by atomic mass is 35.5. The lowest BCUT2D eigenvalue weighted by Gasteiger charge is -2.20. The van der Waals surface area contributed by atoms with Crippen LogP contribution in [0.4, 0.5) is 4.39 Å². The highest BCUT2D eigenvalue weighted by Crippen LogP contribution is 2.38. The molecule has 1 aliphatic heterocycles. The van der Waals surface area contributed by atoms with Gasteiger partial charge in [0.15, 0.2) is 11.5 Å². The van der Waals surface area contributed by atoms with Gasteiger partial charge in [-0.05, 0) is 41.8 Å². The van der Waals surface area contributed by atoms with Gasteiger partial charge in [0.1, 0.15) is 19.0 Å². The first kappa shape index (κ1) is 16.6. The number of fused-ring (bicyclic) bond motifs is 1. The van der Waals surface area contributed by atoms with Gasteiger partial charge in [-0.1, -0.05) is 23.7 Å². The fourth-order valence-corrected chi connectivity index (χ4v) is 2.84. The Morgan fingerprint density at radius 1 is 1.17 bits per heavy atom. The van der Waals surface area contributed by atoms with Crippen LogP contribution in [0.5, 0.6) is 11.5 Å². The minimum atomic E-state index is -0.341. The first-order valence-electron chi connectivity index (χ1n) is 7.71. The van der Waals surface area contributed by atoms with Gasteiger partial charge < -0.3 is 14.8 Å². The van der Waals surface area contributed by atoms with E-state index in [2.05, 4.69) is 5.32 Å². The van der Waals surface area contributed by atoms with E-state index in [-0.39, 0.29) is 18.1 Å². The van der Waals surface area contributed by atoms with Gasteiger partial charge in [0.2, 0.25) is 5.91 Å². The zero-order valence-electron chi connectivity index (χ0n) is 13.0. The van der Waals surface area contributed by atoms with E-state index in [9.17, 15) is 9.18 Å². The van der Waals surface area contributed by atoms with Crippen molar-refractivity contribution in [2.75, 3.05) is 19.8 Å². The van der Waals surface area contributed by atoms with Crippen LogP contribution in [0.15, 0.2) is 36.4 Å². The van der Waals surface area contributed by atoms with E-state index in [0.717, 1.165) is 5.56 Å². The lowest BCUT2D eigenvalue weighted by molar-refractivity contribution is -0.120. The van der Waals surface area contributed by atoms with Gasteiger partial charge in [-0.25, -0.2) is 4.39 Å². The summed E-state index contributed by atoms with van der Waals surface area (Å²) in [4.78, 5) is 11.9. The van der Waals surface area contributed by atoms with E-state index in [1.165, 1.54) is 12.1 Å². The van der Waals surface area contributed by atoms with Gasteiger partial charge >= 0.3 is 0 Å². The normalized spacial score (nSPS) is 12.8. The van der Waals surface area contributed by atoms with Crippen LogP contribution in [0.3, 0.4) is 0 Å². The summed E-state index contributed by atoms with van der Waals surface area (Å²) in [7, 11) is 0. The summed E-state index contributed by atoms with van der Waals surface area (Å²) >= 11 is 6.18. The van der Waals surface area contributed by atoms with Crippen LogP contribution < -0.4 is 14.8 Å². The van der Waals surface area contributed by atoms with Crippen molar-refractivity contribution in [3.8, 4) is 11.5 Å². The predicted octanol–water partition coefficient (Wildman–Crippen LogP) is 3.15. The smallest absolute Gasteiger partial charge is 0.224 e. The van der Waals surface area contributed by atoms with Gasteiger partial charge in [-0.3, -0.25) is 4.79 Å². The Bertz CT molecular complexity index is 751. The van der Waals surface area contributed by atoms with E-state index < -0.39 is 0 Å². The maximum atomic E-state index is 13.1. The van der Waals surface area contributed by atoms with Gasteiger partial charge in [0, 0.05) is 6.54 Å². The average molecular weight is 350 g/mol. The topological polar surface area (TPSA) is 47.6 Å². The molecule has 0 fully saturated rings. The summed E-state index contributed by atoms with van der Waals surface area (Å²) < 4.78 is 24.1. The SMILES string of the molecule is O=C(Cc1cccc(F)c1)NCCc1cc(Cl)c2c(c1)OCCO2. The summed E-state index contributed by atoms with van der Waals surface area (Å²) in [6, 6.07) is 9.72. The second-order valence-electron chi connectivity index (χ2n) is 5.51. The van der Waals surface area contributed by atoms with Crippen molar-refractivity contribution in [3.63, 3.8) is 0 Å². The van der Waals surface area contributed by atoms with Crippen LogP contribution in [-0.2, 0) is 17.6 Å². The number of hydrogen-bond acceptors (Lipinski definition) is 3. The van der Waals surface area contributed by atoms with E-state index >= 15 is 0 Å². The molecule has 2 aromatic carbocycles. The molecule has 2 aromatic rings. The molecule has 0 unspecified atom stereocenters. The summed E-state index contributed by atoms with van der Waals surface area (Å²) in [6.45, 7) is 1.45. The molecule has 0 saturated carbocycles. The number of ether oxygens (including phenoxy) is 2. The zero-order valence-corrected chi connectivity index (χ0v) is 13.7. The summed E-state index contributed by atoms with van der Waals surface area (Å²) in [5.74, 6) is 0.715. The Morgan fingerprint density at radius 2 is 2.00 bits per heavy atom. The molecular formula is C18H17ClFNO3. The van der Waals surface area contributed by atoms with Crippen molar-refractivity contribution in [3.05, 3.63) is 58.4 Å². The first-order valence-corrected chi connectivity index (χ1v) is 8.09. The lowest BCUT2D eigenvalue weighted by Crippen LogP contribution is -2.27. The summed E-state index contributed by atoms with van der Waals surface area (Å²) in [5, 5.41) is 3.33. The molecule has 6 heteroatoms. The molecule has 0 spiro atoms. The molecule has 0 atom stereocenters. The maximum absolute atomic E-state index is 13.1. The second kappa shape index (κ2) is 7.53. The van der Waals surface area contributed by atoms with E-state index in [1.54, 1.807) is 12.1 Å². The molecule has 24 heavy (non-hydrogen) atoms. The minimum absolute atomic E-state index is 0.149. The fourth-order valence-electron chi connectivity index (χ4n) is 2.55. The maximum Gasteiger partial charge on any atom is 0.224 e. The summed E-state index contributed by atoms with van der Waals surface area (Å²) in [5.41, 5.74) is 1.60. The molecule has 0 aromatic heterocycles. The number of rotatable bonds is 5. The van der Waals surface area contributed by atoms with Crippen LogP contribution in [0.2, 0.25) is 5.02 Å². The average Bonchev–Trinajstić information content (AvgIpc) is 2.55. The van der Waals surface area contributed by atoms with Crippen LogP contribution in [-0.4, -0.2) is 25.7 Å². The number of hydrogen-bond donors (Lipinski definition) is 1.